The van der Waals surface area contributed by atoms with E-state index in [9.17, 15) is 19.2 Å². The number of urea groups is 2. The van der Waals surface area contributed by atoms with Crippen molar-refractivity contribution in [2.24, 2.45) is 5.92 Å². The van der Waals surface area contributed by atoms with Gasteiger partial charge in [-0.2, -0.15) is 0 Å². The molecule has 25 heavy (non-hydrogen) atoms. The van der Waals surface area contributed by atoms with Gasteiger partial charge in [0, 0.05) is 32.4 Å². The molecule has 3 aliphatic rings. The third-order valence-electron chi connectivity index (χ3n) is 5.31. The molecule has 2 N–H and O–H groups in total. The van der Waals surface area contributed by atoms with Crippen LogP contribution in [-0.2, 0) is 15.1 Å². The predicted octanol–water partition coefficient (Wildman–Crippen LogP) is -0.363. The summed E-state index contributed by atoms with van der Waals surface area (Å²) >= 11 is 0. The van der Waals surface area contributed by atoms with Gasteiger partial charge in [0.25, 0.3) is 5.91 Å². The van der Waals surface area contributed by atoms with Gasteiger partial charge in [-0.3, -0.25) is 14.5 Å². The van der Waals surface area contributed by atoms with Gasteiger partial charge in [0.05, 0.1) is 0 Å². The molecule has 3 heterocycles. The fourth-order valence-corrected chi connectivity index (χ4v) is 4.06. The molecule has 3 aliphatic heterocycles. The maximum atomic E-state index is 13.2. The summed E-state index contributed by atoms with van der Waals surface area (Å²) in [6.45, 7) is 0. The zero-order chi connectivity index (χ0) is 18.1. The molecule has 0 aliphatic carbocycles. The molecule has 0 bridgehead atoms. The van der Waals surface area contributed by atoms with Crippen molar-refractivity contribution in [3.63, 3.8) is 0 Å². The monoisotopic (exact) mass is 343 g/mol. The van der Waals surface area contributed by atoms with Crippen molar-refractivity contribution in [1.29, 1.82) is 0 Å². The van der Waals surface area contributed by atoms with E-state index in [-0.39, 0.29) is 0 Å². The van der Waals surface area contributed by atoms with Crippen LogP contribution in [0, 0.1) is 5.92 Å². The van der Waals surface area contributed by atoms with Crippen LogP contribution >= 0.6 is 0 Å². The Bertz CT molecular complexity index is 840. The number of amides is 6. The highest BCUT2D eigenvalue weighted by molar-refractivity contribution is 6.14. The summed E-state index contributed by atoms with van der Waals surface area (Å²) in [6.07, 6.45) is -0.909. The maximum Gasteiger partial charge on any atom is 0.327 e. The molecule has 130 valence electrons. The molecule has 0 radical (unpaired) electrons. The van der Waals surface area contributed by atoms with Crippen molar-refractivity contribution in [2.45, 2.75) is 11.7 Å². The summed E-state index contributed by atoms with van der Waals surface area (Å²) < 4.78 is 0. The number of carbonyl (C=O) groups is 4. The van der Waals surface area contributed by atoms with Gasteiger partial charge in [0.2, 0.25) is 5.91 Å². The van der Waals surface area contributed by atoms with Crippen LogP contribution in [0.2, 0.25) is 0 Å². The number of fused-ring (bicyclic) bond motifs is 4. The third-order valence-corrected chi connectivity index (χ3v) is 5.31. The fourth-order valence-electron chi connectivity index (χ4n) is 4.06. The van der Waals surface area contributed by atoms with Gasteiger partial charge in [0.1, 0.15) is 12.1 Å². The molecule has 9 nitrogen and oxygen atoms in total. The van der Waals surface area contributed by atoms with Crippen LogP contribution in [0.15, 0.2) is 24.3 Å². The first-order valence-corrected chi connectivity index (χ1v) is 7.81. The average molecular weight is 343 g/mol. The van der Waals surface area contributed by atoms with E-state index >= 15 is 0 Å². The van der Waals surface area contributed by atoms with Gasteiger partial charge in [-0.25, -0.2) is 9.59 Å². The van der Waals surface area contributed by atoms with Crippen LogP contribution in [-0.4, -0.2) is 61.0 Å². The fraction of sp³-hybridized carbons (Fsp3) is 0.375. The van der Waals surface area contributed by atoms with Gasteiger partial charge in [-0.15, -0.1) is 0 Å². The number of nitrogens with zero attached hydrogens (tertiary/aromatic N) is 3. The summed E-state index contributed by atoms with van der Waals surface area (Å²) in [5.74, 6) is -1.89. The van der Waals surface area contributed by atoms with E-state index < -0.39 is 41.5 Å². The number of hydrogen-bond donors (Lipinski definition) is 2. The van der Waals surface area contributed by atoms with Gasteiger partial charge < -0.3 is 20.4 Å². The smallest absolute Gasteiger partial charge is 0.319 e. The van der Waals surface area contributed by atoms with Crippen molar-refractivity contribution in [3.8, 4) is 0 Å². The van der Waals surface area contributed by atoms with Crippen molar-refractivity contribution in [1.82, 2.24) is 20.4 Å². The first kappa shape index (κ1) is 15.4. The number of carbonyl (C=O) groups excluding carboxylic acids is 4. The Morgan fingerprint density at radius 1 is 1.00 bits per heavy atom. The molecule has 6 amide bonds. The molecule has 4 rings (SSSR count). The Kier molecular flexibility index (Phi) is 2.91. The second-order valence-corrected chi connectivity index (χ2v) is 6.50. The van der Waals surface area contributed by atoms with Crippen LogP contribution in [0.3, 0.4) is 0 Å². The number of benzene rings is 1. The summed E-state index contributed by atoms with van der Waals surface area (Å²) in [4.78, 5) is 54.4. The predicted molar refractivity (Wildman–Crippen MR) is 86.4 cm³/mol. The highest BCUT2D eigenvalue weighted by Gasteiger charge is 2.66. The first-order valence-electron chi connectivity index (χ1n) is 7.81. The molecule has 3 unspecified atom stereocenters. The molecule has 1 aromatic rings. The van der Waals surface area contributed by atoms with E-state index in [1.54, 1.807) is 31.3 Å². The Balaban J connectivity index is 1.97. The van der Waals surface area contributed by atoms with Gasteiger partial charge in [-0.05, 0) is 6.07 Å². The number of likely N-dealkylation sites (N-methyl/N-ethyl adjacent to an activating group) is 1. The van der Waals surface area contributed by atoms with E-state index in [4.69, 9.17) is 0 Å². The van der Waals surface area contributed by atoms with Crippen molar-refractivity contribution in [3.05, 3.63) is 29.8 Å². The van der Waals surface area contributed by atoms with Crippen molar-refractivity contribution in [2.75, 3.05) is 26.0 Å². The molecular weight excluding hydrogens is 326 g/mol. The molecule has 0 saturated carbocycles. The number of rotatable bonds is 0. The summed E-state index contributed by atoms with van der Waals surface area (Å²) in [6, 6.07) is 5.89. The van der Waals surface area contributed by atoms with Crippen LogP contribution in [0.4, 0.5) is 15.3 Å². The van der Waals surface area contributed by atoms with Crippen LogP contribution in [0.1, 0.15) is 5.56 Å². The number of anilines is 1. The molecule has 0 aromatic heterocycles. The Hall–Kier alpha value is -3.10. The molecule has 2 fully saturated rings. The Morgan fingerprint density at radius 3 is 2.40 bits per heavy atom. The highest BCUT2D eigenvalue weighted by atomic mass is 16.2. The number of para-hydroxylation sites is 1. The van der Waals surface area contributed by atoms with Crippen molar-refractivity contribution >= 4 is 29.6 Å². The largest absolute Gasteiger partial charge is 0.327 e. The van der Waals surface area contributed by atoms with Gasteiger partial charge in [-0.1, -0.05) is 18.2 Å². The lowest BCUT2D eigenvalue weighted by atomic mass is 9.73. The van der Waals surface area contributed by atoms with Crippen LogP contribution in [0.5, 0.6) is 0 Å². The lowest BCUT2D eigenvalue weighted by molar-refractivity contribution is -0.148. The topological polar surface area (TPSA) is 102 Å². The second kappa shape index (κ2) is 4.71. The molecular formula is C16H17N5O4. The minimum Gasteiger partial charge on any atom is -0.319 e. The minimum atomic E-state index is -1.54. The number of hydrogen-bond acceptors (Lipinski definition) is 4. The molecule has 2 saturated heterocycles. The lowest BCUT2D eigenvalue weighted by Crippen LogP contribution is -2.78. The standard InChI is InChI=1S/C16H17N5O4/c1-19-9-7-5-4-6-8(9)16(13(19)23)10-11(17-14(24)18-16)20(2)15(25)21(3)12(10)22/h4-7,10-11H,1-3H3,(H2,17,18,24). The molecule has 9 heteroatoms. The molecule has 1 aromatic carbocycles. The third kappa shape index (κ3) is 1.67. The summed E-state index contributed by atoms with van der Waals surface area (Å²) in [5.41, 5.74) is -0.362. The van der Waals surface area contributed by atoms with Crippen LogP contribution in [0.25, 0.3) is 0 Å². The van der Waals surface area contributed by atoms with E-state index in [0.717, 1.165) is 4.90 Å². The average Bonchev–Trinajstić information content (AvgIpc) is 2.81. The van der Waals surface area contributed by atoms with Crippen molar-refractivity contribution < 1.29 is 19.2 Å². The van der Waals surface area contributed by atoms with Gasteiger partial charge in [0.15, 0.2) is 5.54 Å². The van der Waals surface area contributed by atoms with E-state index in [1.807, 2.05) is 0 Å². The Labute approximate surface area is 143 Å². The summed E-state index contributed by atoms with van der Waals surface area (Å²) in [7, 11) is 4.47. The van der Waals surface area contributed by atoms with E-state index in [1.165, 1.54) is 23.9 Å². The zero-order valence-corrected chi connectivity index (χ0v) is 13.9. The first-order chi connectivity index (χ1) is 11.8. The molecule has 1 spiro atoms. The number of imide groups is 1. The minimum absolute atomic E-state index is 0.400. The maximum absolute atomic E-state index is 13.2. The quantitative estimate of drug-likeness (QED) is 0.671. The number of nitrogens with one attached hydrogen (secondary N) is 2. The Morgan fingerprint density at radius 2 is 1.68 bits per heavy atom. The summed E-state index contributed by atoms with van der Waals surface area (Å²) in [5, 5.41) is 5.29. The zero-order valence-electron chi connectivity index (χ0n) is 13.9. The lowest BCUT2D eigenvalue weighted by Gasteiger charge is -2.51. The van der Waals surface area contributed by atoms with E-state index in [2.05, 4.69) is 10.6 Å². The second-order valence-electron chi connectivity index (χ2n) is 6.50. The highest BCUT2D eigenvalue weighted by Crippen LogP contribution is 2.48. The van der Waals surface area contributed by atoms with Crippen LogP contribution < -0.4 is 15.5 Å². The van der Waals surface area contributed by atoms with E-state index in [0.29, 0.717) is 11.3 Å². The molecule has 3 atom stereocenters. The normalized spacial score (nSPS) is 31.1. The SMILES string of the molecule is CN1C(=O)C2C(NC(=O)NC23C(=O)N(C)c2ccccc23)N(C)C1=O. The van der Waals surface area contributed by atoms with Gasteiger partial charge >= 0.3 is 12.1 Å².